The number of ether oxygens (including phenoxy) is 2. The minimum absolute atomic E-state index is 0.236. The summed E-state index contributed by atoms with van der Waals surface area (Å²) in [5.74, 6) is 0.131. The molecule has 0 fully saturated rings. The first kappa shape index (κ1) is 20.1. The number of anilines is 1. The van der Waals surface area contributed by atoms with Gasteiger partial charge in [-0.3, -0.25) is 9.59 Å². The number of nitrogens with one attached hydrogen (secondary N) is 2. The fraction of sp³-hybridized carbons (Fsp3) is 0.200. The SMILES string of the molecule is COCCNC(=O)c1cccc(NC(=O)c2sc3cc(OC)ccc3c2Cl)c1. The standard InChI is InChI=1S/C20H19ClN2O4S/c1-26-9-8-22-19(24)12-4-3-5-13(10-12)23-20(25)18-17(21)15-7-6-14(27-2)11-16(15)28-18/h3-7,10-11H,8-9H2,1-2H3,(H,22,24)(H,23,25). The molecule has 2 amide bonds. The molecule has 0 bridgehead atoms. The molecule has 0 unspecified atom stereocenters. The number of carbonyl (C=O) groups excluding carboxylic acids is 2. The summed E-state index contributed by atoms with van der Waals surface area (Å²) in [5, 5.41) is 6.74. The molecule has 1 aromatic heterocycles. The molecule has 0 radical (unpaired) electrons. The van der Waals surface area contributed by atoms with Crippen LogP contribution >= 0.6 is 22.9 Å². The van der Waals surface area contributed by atoms with E-state index < -0.39 is 0 Å². The summed E-state index contributed by atoms with van der Waals surface area (Å²) in [6.45, 7) is 0.837. The van der Waals surface area contributed by atoms with Crippen molar-refractivity contribution in [1.29, 1.82) is 0 Å². The first-order chi connectivity index (χ1) is 13.5. The van der Waals surface area contributed by atoms with Gasteiger partial charge in [-0.05, 0) is 36.4 Å². The topological polar surface area (TPSA) is 76.7 Å². The van der Waals surface area contributed by atoms with E-state index in [0.29, 0.717) is 40.1 Å². The number of hydrogen-bond acceptors (Lipinski definition) is 5. The molecule has 0 spiro atoms. The maximum atomic E-state index is 12.7. The fourth-order valence-electron chi connectivity index (χ4n) is 2.61. The van der Waals surface area contributed by atoms with Crippen molar-refractivity contribution < 1.29 is 19.1 Å². The van der Waals surface area contributed by atoms with Crippen LogP contribution in [0.15, 0.2) is 42.5 Å². The second kappa shape index (κ2) is 9.05. The lowest BCUT2D eigenvalue weighted by Gasteiger charge is -2.08. The molecule has 8 heteroatoms. The third kappa shape index (κ3) is 4.44. The molecular formula is C20H19ClN2O4S. The van der Waals surface area contributed by atoms with E-state index in [1.54, 1.807) is 44.6 Å². The van der Waals surface area contributed by atoms with Gasteiger partial charge >= 0.3 is 0 Å². The fourth-order valence-corrected chi connectivity index (χ4v) is 4.05. The van der Waals surface area contributed by atoms with Crippen molar-refractivity contribution in [2.45, 2.75) is 0 Å². The zero-order valence-corrected chi connectivity index (χ0v) is 16.9. The van der Waals surface area contributed by atoms with Gasteiger partial charge in [0.2, 0.25) is 0 Å². The Hall–Kier alpha value is -2.61. The lowest BCUT2D eigenvalue weighted by Crippen LogP contribution is -2.27. The molecular weight excluding hydrogens is 400 g/mol. The number of fused-ring (bicyclic) bond motifs is 1. The van der Waals surface area contributed by atoms with Crippen LogP contribution in [-0.2, 0) is 4.74 Å². The average Bonchev–Trinajstić information content (AvgIpc) is 3.04. The summed E-state index contributed by atoms with van der Waals surface area (Å²) in [6.07, 6.45) is 0. The van der Waals surface area contributed by atoms with Crippen molar-refractivity contribution in [3.8, 4) is 5.75 Å². The first-order valence-corrected chi connectivity index (χ1v) is 9.67. The van der Waals surface area contributed by atoms with Crippen LogP contribution in [0, 0.1) is 0 Å². The molecule has 0 atom stereocenters. The van der Waals surface area contributed by atoms with Gasteiger partial charge in [0.1, 0.15) is 10.6 Å². The Morgan fingerprint density at radius 1 is 1.11 bits per heavy atom. The third-order valence-electron chi connectivity index (χ3n) is 4.02. The minimum atomic E-state index is -0.331. The van der Waals surface area contributed by atoms with Crippen molar-refractivity contribution in [1.82, 2.24) is 5.32 Å². The van der Waals surface area contributed by atoms with E-state index in [9.17, 15) is 9.59 Å². The quantitative estimate of drug-likeness (QED) is 0.564. The predicted molar refractivity (Wildman–Crippen MR) is 112 cm³/mol. The van der Waals surface area contributed by atoms with Crippen LogP contribution in [-0.4, -0.2) is 39.2 Å². The number of amides is 2. The molecule has 0 saturated carbocycles. The highest BCUT2D eigenvalue weighted by Crippen LogP contribution is 2.37. The monoisotopic (exact) mass is 418 g/mol. The highest BCUT2D eigenvalue weighted by molar-refractivity contribution is 7.21. The number of methoxy groups -OCH3 is 2. The number of benzene rings is 2. The van der Waals surface area contributed by atoms with Crippen LogP contribution in [0.1, 0.15) is 20.0 Å². The van der Waals surface area contributed by atoms with Gasteiger partial charge in [0.15, 0.2) is 0 Å². The minimum Gasteiger partial charge on any atom is -0.497 e. The molecule has 28 heavy (non-hydrogen) atoms. The van der Waals surface area contributed by atoms with E-state index in [-0.39, 0.29) is 11.8 Å². The number of rotatable bonds is 7. The zero-order valence-electron chi connectivity index (χ0n) is 15.4. The van der Waals surface area contributed by atoms with Crippen molar-refractivity contribution in [3.63, 3.8) is 0 Å². The number of hydrogen-bond donors (Lipinski definition) is 2. The van der Waals surface area contributed by atoms with E-state index in [1.165, 1.54) is 11.3 Å². The second-order valence-electron chi connectivity index (χ2n) is 5.89. The van der Waals surface area contributed by atoms with Gasteiger partial charge in [0.05, 0.1) is 18.7 Å². The normalized spacial score (nSPS) is 10.7. The van der Waals surface area contributed by atoms with E-state index in [1.807, 2.05) is 12.1 Å². The molecule has 2 aromatic carbocycles. The third-order valence-corrected chi connectivity index (χ3v) is 5.67. The molecule has 3 aromatic rings. The van der Waals surface area contributed by atoms with E-state index in [4.69, 9.17) is 21.1 Å². The van der Waals surface area contributed by atoms with Crippen molar-refractivity contribution in [2.24, 2.45) is 0 Å². The summed E-state index contributed by atoms with van der Waals surface area (Å²) in [4.78, 5) is 25.3. The van der Waals surface area contributed by atoms with Gasteiger partial charge in [0.25, 0.3) is 11.8 Å². The van der Waals surface area contributed by atoms with E-state index in [0.717, 1.165) is 10.1 Å². The largest absolute Gasteiger partial charge is 0.497 e. The maximum Gasteiger partial charge on any atom is 0.267 e. The van der Waals surface area contributed by atoms with Gasteiger partial charge < -0.3 is 20.1 Å². The summed E-state index contributed by atoms with van der Waals surface area (Å²) >= 11 is 7.69. The molecule has 0 aliphatic heterocycles. The summed E-state index contributed by atoms with van der Waals surface area (Å²) < 4.78 is 11.0. The Balaban J connectivity index is 1.78. The van der Waals surface area contributed by atoms with Crippen LogP contribution in [0.4, 0.5) is 5.69 Å². The Labute approximate surface area is 171 Å². The Morgan fingerprint density at radius 3 is 2.68 bits per heavy atom. The van der Waals surface area contributed by atoms with Crippen molar-refractivity contribution >= 4 is 50.5 Å². The molecule has 0 saturated heterocycles. The van der Waals surface area contributed by atoms with Gasteiger partial charge in [0, 0.05) is 35.0 Å². The Bertz CT molecular complexity index is 1020. The highest BCUT2D eigenvalue weighted by Gasteiger charge is 2.18. The molecule has 0 aliphatic carbocycles. The predicted octanol–water partition coefficient (Wildman–Crippen LogP) is 4.19. The second-order valence-corrected chi connectivity index (χ2v) is 7.32. The summed E-state index contributed by atoms with van der Waals surface area (Å²) in [5.41, 5.74) is 0.955. The summed E-state index contributed by atoms with van der Waals surface area (Å²) in [7, 11) is 3.15. The Kier molecular flexibility index (Phi) is 6.51. The van der Waals surface area contributed by atoms with E-state index >= 15 is 0 Å². The maximum absolute atomic E-state index is 12.7. The number of carbonyl (C=O) groups is 2. The highest BCUT2D eigenvalue weighted by atomic mass is 35.5. The molecule has 146 valence electrons. The van der Waals surface area contributed by atoms with Crippen LogP contribution in [0.3, 0.4) is 0 Å². The lowest BCUT2D eigenvalue weighted by molar-refractivity contribution is 0.0936. The van der Waals surface area contributed by atoms with Gasteiger partial charge in [-0.2, -0.15) is 0 Å². The van der Waals surface area contributed by atoms with Crippen molar-refractivity contribution in [3.05, 3.63) is 57.9 Å². The van der Waals surface area contributed by atoms with Crippen LogP contribution in [0.5, 0.6) is 5.75 Å². The molecule has 3 rings (SSSR count). The smallest absolute Gasteiger partial charge is 0.267 e. The number of thiophene rings is 1. The van der Waals surface area contributed by atoms with Crippen LogP contribution < -0.4 is 15.4 Å². The van der Waals surface area contributed by atoms with Gasteiger partial charge in [-0.25, -0.2) is 0 Å². The van der Waals surface area contributed by atoms with Crippen molar-refractivity contribution in [2.75, 3.05) is 32.7 Å². The van der Waals surface area contributed by atoms with Gasteiger partial charge in [-0.15, -0.1) is 11.3 Å². The first-order valence-electron chi connectivity index (χ1n) is 8.48. The Morgan fingerprint density at radius 2 is 1.93 bits per heavy atom. The van der Waals surface area contributed by atoms with Crippen LogP contribution in [0.25, 0.3) is 10.1 Å². The molecule has 6 nitrogen and oxygen atoms in total. The van der Waals surface area contributed by atoms with Crippen LogP contribution in [0.2, 0.25) is 5.02 Å². The number of halogens is 1. The zero-order chi connectivity index (χ0) is 20.1. The average molecular weight is 419 g/mol. The summed E-state index contributed by atoms with van der Waals surface area (Å²) in [6, 6.07) is 12.2. The lowest BCUT2D eigenvalue weighted by atomic mass is 10.2. The molecule has 2 N–H and O–H groups in total. The molecule has 0 aliphatic rings. The van der Waals surface area contributed by atoms with Gasteiger partial charge in [-0.1, -0.05) is 17.7 Å². The van der Waals surface area contributed by atoms with E-state index in [2.05, 4.69) is 10.6 Å². The molecule has 1 heterocycles.